The summed E-state index contributed by atoms with van der Waals surface area (Å²) in [5, 5.41) is 15.8. The van der Waals surface area contributed by atoms with Crippen LogP contribution < -0.4 is 4.90 Å². The van der Waals surface area contributed by atoms with Crippen LogP contribution in [-0.2, 0) is 12.1 Å². The fourth-order valence-electron chi connectivity index (χ4n) is 3.08. The van der Waals surface area contributed by atoms with E-state index in [1.807, 2.05) is 25.1 Å². The second-order valence-electron chi connectivity index (χ2n) is 5.51. The zero-order chi connectivity index (χ0) is 14.9. The molecule has 1 aromatic heterocycles. The Labute approximate surface area is 130 Å². The highest BCUT2D eigenvalue weighted by Crippen LogP contribution is 2.37. The van der Waals surface area contributed by atoms with Gasteiger partial charge >= 0.3 is 0 Å². The second kappa shape index (κ2) is 5.70. The van der Waals surface area contributed by atoms with Crippen LogP contribution >= 0.6 is 11.6 Å². The maximum Gasteiger partial charge on any atom is 0.111 e. The van der Waals surface area contributed by atoms with E-state index in [-0.39, 0.29) is 0 Å². The van der Waals surface area contributed by atoms with Gasteiger partial charge in [0.1, 0.15) is 5.60 Å². The summed E-state index contributed by atoms with van der Waals surface area (Å²) in [7, 11) is 0. The monoisotopic (exact) mass is 305 g/mol. The minimum atomic E-state index is -0.880. The highest BCUT2D eigenvalue weighted by atomic mass is 35.5. The van der Waals surface area contributed by atoms with Gasteiger partial charge in [0, 0.05) is 25.3 Å². The largest absolute Gasteiger partial charge is 0.383 e. The summed E-state index contributed by atoms with van der Waals surface area (Å²) in [6, 6.07) is 10.3. The number of anilines is 1. The van der Waals surface area contributed by atoms with Crippen LogP contribution in [0.5, 0.6) is 0 Å². The molecular formula is C16H20ClN3O. The molecule has 1 aliphatic rings. The van der Waals surface area contributed by atoms with E-state index in [4.69, 9.17) is 11.6 Å². The van der Waals surface area contributed by atoms with Crippen LogP contribution in [0, 0.1) is 0 Å². The molecule has 3 rings (SSSR count). The lowest BCUT2D eigenvalue weighted by atomic mass is 9.87. The van der Waals surface area contributed by atoms with Gasteiger partial charge in [-0.15, -0.1) is 0 Å². The van der Waals surface area contributed by atoms with Crippen molar-refractivity contribution in [2.24, 2.45) is 0 Å². The Morgan fingerprint density at radius 1 is 1.24 bits per heavy atom. The molecule has 21 heavy (non-hydrogen) atoms. The summed E-state index contributed by atoms with van der Waals surface area (Å²) in [4.78, 5) is 2.30. The Hall–Kier alpha value is -1.52. The Balaban J connectivity index is 1.79. The summed E-state index contributed by atoms with van der Waals surface area (Å²) in [5.74, 6) is 0. The summed E-state index contributed by atoms with van der Waals surface area (Å²) in [6.45, 7) is 4.35. The maximum absolute atomic E-state index is 11.0. The first kappa shape index (κ1) is 14.4. The summed E-state index contributed by atoms with van der Waals surface area (Å²) in [5.41, 5.74) is 1.09. The van der Waals surface area contributed by atoms with Crippen molar-refractivity contribution in [3.05, 3.63) is 47.2 Å². The van der Waals surface area contributed by atoms with E-state index in [1.165, 1.54) is 5.69 Å². The summed E-state index contributed by atoms with van der Waals surface area (Å²) >= 11 is 6.24. The van der Waals surface area contributed by atoms with Gasteiger partial charge in [0.15, 0.2) is 0 Å². The quantitative estimate of drug-likeness (QED) is 0.947. The number of aromatic nitrogens is 2. The average Bonchev–Trinajstić information content (AvgIpc) is 2.90. The van der Waals surface area contributed by atoms with Crippen LogP contribution in [-0.4, -0.2) is 28.0 Å². The van der Waals surface area contributed by atoms with Gasteiger partial charge in [-0.2, -0.15) is 5.10 Å². The molecule has 0 unspecified atom stereocenters. The van der Waals surface area contributed by atoms with Crippen LogP contribution in [0.15, 0.2) is 36.5 Å². The lowest BCUT2D eigenvalue weighted by Crippen LogP contribution is -2.44. The molecule has 0 atom stereocenters. The zero-order valence-electron chi connectivity index (χ0n) is 12.2. The van der Waals surface area contributed by atoms with Crippen molar-refractivity contribution in [1.82, 2.24) is 9.78 Å². The van der Waals surface area contributed by atoms with Gasteiger partial charge in [-0.25, -0.2) is 0 Å². The fourth-order valence-corrected chi connectivity index (χ4v) is 3.39. The third kappa shape index (κ3) is 2.65. The van der Waals surface area contributed by atoms with Crippen LogP contribution in [0.1, 0.15) is 25.5 Å². The summed E-state index contributed by atoms with van der Waals surface area (Å²) in [6.07, 6.45) is 2.95. The topological polar surface area (TPSA) is 41.3 Å². The lowest BCUT2D eigenvalue weighted by molar-refractivity contribution is 0.00349. The van der Waals surface area contributed by atoms with Gasteiger partial charge < -0.3 is 10.0 Å². The molecule has 0 radical (unpaired) electrons. The van der Waals surface area contributed by atoms with Gasteiger partial charge in [0.25, 0.3) is 0 Å². The molecule has 0 saturated carbocycles. The first-order chi connectivity index (χ1) is 10.1. The number of hydrogen-bond donors (Lipinski definition) is 1. The zero-order valence-corrected chi connectivity index (χ0v) is 12.9. The number of para-hydroxylation sites is 1. The molecule has 1 aromatic carbocycles. The second-order valence-corrected chi connectivity index (χ2v) is 5.92. The van der Waals surface area contributed by atoms with E-state index in [0.717, 1.165) is 18.8 Å². The first-order valence-electron chi connectivity index (χ1n) is 7.38. The normalized spacial score (nSPS) is 18.0. The van der Waals surface area contributed by atoms with Crippen molar-refractivity contribution in [2.75, 3.05) is 18.0 Å². The molecular weight excluding hydrogens is 286 g/mol. The molecule has 1 fully saturated rings. The minimum absolute atomic E-state index is 0.563. The number of hydrogen-bond acceptors (Lipinski definition) is 3. The lowest BCUT2D eigenvalue weighted by Gasteiger charge is -2.39. The van der Waals surface area contributed by atoms with Crippen molar-refractivity contribution in [1.29, 1.82) is 0 Å². The molecule has 0 bridgehead atoms. The highest BCUT2D eigenvalue weighted by molar-refractivity contribution is 6.31. The number of piperidine rings is 1. The van der Waals surface area contributed by atoms with Crippen LogP contribution in [0.25, 0.3) is 0 Å². The van der Waals surface area contributed by atoms with Crippen LogP contribution in [0.3, 0.4) is 0 Å². The van der Waals surface area contributed by atoms with Gasteiger partial charge in [-0.1, -0.05) is 29.8 Å². The molecule has 1 aliphatic heterocycles. The molecule has 112 valence electrons. The molecule has 4 nitrogen and oxygen atoms in total. The molecule has 0 amide bonds. The number of nitrogens with zero attached hydrogens (tertiary/aromatic N) is 3. The van der Waals surface area contributed by atoms with Crippen LogP contribution in [0.4, 0.5) is 5.69 Å². The highest BCUT2D eigenvalue weighted by Gasteiger charge is 2.38. The van der Waals surface area contributed by atoms with E-state index in [1.54, 1.807) is 10.9 Å². The molecule has 2 aromatic rings. The standard InChI is InChI=1S/C16H20ClN3O/c1-2-20-15(14(17)12-18-20)16(21)8-10-19(11-9-16)13-6-4-3-5-7-13/h3-7,12,21H,2,8-11H2,1H3. The SMILES string of the molecule is CCn1ncc(Cl)c1C1(O)CCN(c2ccccc2)CC1. The van der Waals surface area contributed by atoms with Crippen molar-refractivity contribution in [3.63, 3.8) is 0 Å². The number of aryl methyl sites for hydroxylation is 1. The minimum Gasteiger partial charge on any atom is -0.383 e. The van der Waals surface area contributed by atoms with E-state index in [0.29, 0.717) is 24.4 Å². The maximum atomic E-state index is 11.0. The van der Waals surface area contributed by atoms with Gasteiger partial charge in [-0.3, -0.25) is 4.68 Å². The Morgan fingerprint density at radius 3 is 2.52 bits per heavy atom. The van der Waals surface area contributed by atoms with Crippen molar-refractivity contribution in [2.45, 2.75) is 31.9 Å². The molecule has 0 spiro atoms. The third-order valence-electron chi connectivity index (χ3n) is 4.25. The molecule has 1 saturated heterocycles. The van der Waals surface area contributed by atoms with E-state index in [9.17, 15) is 5.11 Å². The number of rotatable bonds is 3. The smallest absolute Gasteiger partial charge is 0.111 e. The average molecular weight is 306 g/mol. The fraction of sp³-hybridized carbons (Fsp3) is 0.438. The van der Waals surface area contributed by atoms with E-state index in [2.05, 4.69) is 22.1 Å². The van der Waals surface area contributed by atoms with Crippen LogP contribution in [0.2, 0.25) is 5.02 Å². The molecule has 1 N–H and O–H groups in total. The van der Waals surface area contributed by atoms with Gasteiger partial charge in [0.2, 0.25) is 0 Å². The molecule has 0 aliphatic carbocycles. The predicted molar refractivity (Wildman–Crippen MR) is 84.7 cm³/mol. The molecule has 5 heteroatoms. The number of aliphatic hydroxyl groups is 1. The molecule has 2 heterocycles. The van der Waals surface area contributed by atoms with Gasteiger partial charge in [0.05, 0.1) is 16.9 Å². The summed E-state index contributed by atoms with van der Waals surface area (Å²) < 4.78 is 1.81. The third-order valence-corrected chi connectivity index (χ3v) is 4.52. The van der Waals surface area contributed by atoms with E-state index >= 15 is 0 Å². The van der Waals surface area contributed by atoms with Gasteiger partial charge in [-0.05, 0) is 31.9 Å². The Kier molecular flexibility index (Phi) is 3.91. The van der Waals surface area contributed by atoms with Crippen molar-refractivity contribution in [3.8, 4) is 0 Å². The Morgan fingerprint density at radius 2 is 1.90 bits per heavy atom. The Bertz CT molecular complexity index is 603. The van der Waals surface area contributed by atoms with Crippen molar-refractivity contribution >= 4 is 17.3 Å². The van der Waals surface area contributed by atoms with Crippen molar-refractivity contribution < 1.29 is 5.11 Å². The number of benzene rings is 1. The predicted octanol–water partition coefficient (Wildman–Crippen LogP) is 3.04. The first-order valence-corrected chi connectivity index (χ1v) is 7.76. The van der Waals surface area contributed by atoms with E-state index < -0.39 is 5.60 Å². The number of halogens is 1.